The molecule has 1 atom stereocenters. The molecule has 3 rings (SSSR count). The van der Waals surface area contributed by atoms with Crippen molar-refractivity contribution in [2.24, 2.45) is 5.73 Å². The van der Waals surface area contributed by atoms with Gasteiger partial charge in [-0.1, -0.05) is 23.7 Å². The number of halogens is 2. The van der Waals surface area contributed by atoms with Crippen LogP contribution < -0.4 is 16.0 Å². The summed E-state index contributed by atoms with van der Waals surface area (Å²) in [6.45, 7) is 1.57. The lowest BCUT2D eigenvalue weighted by molar-refractivity contribution is -0.115. The molecule has 0 radical (unpaired) electrons. The summed E-state index contributed by atoms with van der Waals surface area (Å²) in [5.41, 5.74) is 7.64. The molecule has 0 bridgehead atoms. The summed E-state index contributed by atoms with van der Waals surface area (Å²) in [7, 11) is 0. The number of hydrogen-bond acceptors (Lipinski definition) is 5. The zero-order valence-electron chi connectivity index (χ0n) is 11.5. The maximum absolute atomic E-state index is 11.7. The molecule has 2 saturated heterocycles. The molecule has 0 saturated carbocycles. The first kappa shape index (κ1) is 17.1. The van der Waals surface area contributed by atoms with Gasteiger partial charge in [0.15, 0.2) is 0 Å². The van der Waals surface area contributed by atoms with Crippen LogP contribution >= 0.6 is 35.8 Å². The van der Waals surface area contributed by atoms with Crippen molar-refractivity contribution in [2.45, 2.75) is 12.5 Å². The van der Waals surface area contributed by atoms with Crippen molar-refractivity contribution < 1.29 is 9.59 Å². The molecule has 0 unspecified atom stereocenters. The van der Waals surface area contributed by atoms with Crippen molar-refractivity contribution in [3.63, 3.8) is 0 Å². The highest BCUT2D eigenvalue weighted by molar-refractivity contribution is 8.18. The number of para-hydroxylation sites is 1. The van der Waals surface area contributed by atoms with Gasteiger partial charge in [-0.2, -0.15) is 0 Å². The van der Waals surface area contributed by atoms with Gasteiger partial charge in [-0.05, 0) is 30.3 Å². The summed E-state index contributed by atoms with van der Waals surface area (Å²) >= 11 is 7.22. The second-order valence-electron chi connectivity index (χ2n) is 5.02. The number of thioether (sulfide) groups is 1. The van der Waals surface area contributed by atoms with E-state index >= 15 is 0 Å². The van der Waals surface area contributed by atoms with Gasteiger partial charge in [0.2, 0.25) is 0 Å². The van der Waals surface area contributed by atoms with Crippen molar-refractivity contribution in [3.05, 3.63) is 33.7 Å². The Bertz CT molecular complexity index is 651. The molecule has 2 amide bonds. The lowest BCUT2D eigenvalue weighted by Crippen LogP contribution is -2.27. The Labute approximate surface area is 143 Å². The van der Waals surface area contributed by atoms with Crippen LogP contribution in [0.5, 0.6) is 0 Å². The van der Waals surface area contributed by atoms with Crippen LogP contribution in [0.2, 0.25) is 5.02 Å². The second-order valence-corrected chi connectivity index (χ2v) is 6.45. The molecule has 2 aliphatic heterocycles. The Balaban J connectivity index is 0.00000176. The van der Waals surface area contributed by atoms with Crippen LogP contribution in [0.15, 0.2) is 23.1 Å². The van der Waals surface area contributed by atoms with E-state index < -0.39 is 0 Å². The van der Waals surface area contributed by atoms with Gasteiger partial charge in [0, 0.05) is 24.7 Å². The third kappa shape index (κ3) is 3.41. The maximum atomic E-state index is 11.7. The van der Waals surface area contributed by atoms with Crippen LogP contribution in [-0.4, -0.2) is 30.3 Å². The lowest BCUT2D eigenvalue weighted by atomic mass is 10.1. The molecule has 22 heavy (non-hydrogen) atoms. The van der Waals surface area contributed by atoms with Gasteiger partial charge < -0.3 is 10.6 Å². The SMILES string of the molecule is Cl.N[C@@H]1CCN(c2c(Cl)cccc2C=C2SC(=O)NC2=O)C1. The molecule has 2 fully saturated rings. The fourth-order valence-corrected chi connectivity index (χ4v) is 3.51. The van der Waals surface area contributed by atoms with Crippen LogP contribution in [0.25, 0.3) is 6.08 Å². The highest BCUT2D eigenvalue weighted by atomic mass is 35.5. The van der Waals surface area contributed by atoms with Crippen LogP contribution in [0.3, 0.4) is 0 Å². The fourth-order valence-electron chi connectivity index (χ4n) is 2.53. The smallest absolute Gasteiger partial charge is 0.290 e. The minimum Gasteiger partial charge on any atom is -0.368 e. The van der Waals surface area contributed by atoms with Gasteiger partial charge in [-0.15, -0.1) is 12.4 Å². The number of benzene rings is 1. The van der Waals surface area contributed by atoms with Crippen molar-refractivity contribution in [2.75, 3.05) is 18.0 Å². The number of nitrogens with one attached hydrogen (secondary N) is 1. The summed E-state index contributed by atoms with van der Waals surface area (Å²) in [5.74, 6) is -0.367. The van der Waals surface area contributed by atoms with E-state index in [2.05, 4.69) is 10.2 Å². The highest BCUT2D eigenvalue weighted by Gasteiger charge is 2.27. The lowest BCUT2D eigenvalue weighted by Gasteiger charge is -2.22. The quantitative estimate of drug-likeness (QED) is 0.793. The van der Waals surface area contributed by atoms with E-state index in [4.69, 9.17) is 17.3 Å². The van der Waals surface area contributed by atoms with E-state index in [1.165, 1.54) is 0 Å². The van der Waals surface area contributed by atoms with Crippen molar-refractivity contribution in [1.29, 1.82) is 0 Å². The van der Waals surface area contributed by atoms with Gasteiger partial charge in [-0.25, -0.2) is 0 Å². The van der Waals surface area contributed by atoms with Gasteiger partial charge >= 0.3 is 0 Å². The molecular formula is C14H15Cl2N3O2S. The van der Waals surface area contributed by atoms with Gasteiger partial charge in [0.25, 0.3) is 11.1 Å². The zero-order valence-corrected chi connectivity index (χ0v) is 13.9. The predicted molar refractivity (Wildman–Crippen MR) is 92.6 cm³/mol. The summed E-state index contributed by atoms with van der Waals surface area (Å²) in [4.78, 5) is 25.4. The Morgan fingerprint density at radius 2 is 2.18 bits per heavy atom. The summed E-state index contributed by atoms with van der Waals surface area (Å²) < 4.78 is 0. The first-order chi connectivity index (χ1) is 10.0. The van der Waals surface area contributed by atoms with Crippen LogP contribution in [0.1, 0.15) is 12.0 Å². The standard InChI is InChI=1S/C14H14ClN3O2S.ClH/c15-10-3-1-2-8(6-11-13(19)17-14(20)21-11)12(10)18-5-4-9(16)7-18;/h1-3,6,9H,4-5,7,16H2,(H,17,19,20);1H/t9-;/m1./s1. The van der Waals surface area contributed by atoms with Gasteiger partial charge in [0.1, 0.15) is 0 Å². The molecule has 8 heteroatoms. The van der Waals surface area contributed by atoms with Crippen molar-refractivity contribution >= 4 is 58.7 Å². The monoisotopic (exact) mass is 359 g/mol. The summed E-state index contributed by atoms with van der Waals surface area (Å²) in [6.07, 6.45) is 2.62. The summed E-state index contributed by atoms with van der Waals surface area (Å²) in [6, 6.07) is 5.66. The van der Waals surface area contributed by atoms with E-state index in [1.54, 1.807) is 6.08 Å². The second kappa shape index (κ2) is 6.91. The third-order valence-electron chi connectivity index (χ3n) is 3.49. The van der Waals surface area contributed by atoms with E-state index in [0.29, 0.717) is 9.93 Å². The average molecular weight is 360 g/mol. The minimum absolute atomic E-state index is 0. The molecule has 2 aliphatic rings. The Morgan fingerprint density at radius 3 is 2.77 bits per heavy atom. The summed E-state index contributed by atoms with van der Waals surface area (Å²) in [5, 5.41) is 2.52. The van der Waals surface area contributed by atoms with E-state index in [-0.39, 0.29) is 29.6 Å². The number of amides is 2. The van der Waals surface area contributed by atoms with E-state index in [1.807, 2.05) is 18.2 Å². The third-order valence-corrected chi connectivity index (χ3v) is 4.60. The number of rotatable bonds is 2. The Morgan fingerprint density at radius 1 is 1.41 bits per heavy atom. The van der Waals surface area contributed by atoms with Crippen molar-refractivity contribution in [1.82, 2.24) is 5.32 Å². The van der Waals surface area contributed by atoms with E-state index in [9.17, 15) is 9.59 Å². The number of nitrogens with two attached hydrogens (primary N) is 1. The molecule has 0 spiro atoms. The Hall–Kier alpha value is -1.21. The highest BCUT2D eigenvalue weighted by Crippen LogP contribution is 2.35. The average Bonchev–Trinajstić information content (AvgIpc) is 2.96. The largest absolute Gasteiger partial charge is 0.368 e. The maximum Gasteiger partial charge on any atom is 0.290 e. The number of hydrogen-bond donors (Lipinski definition) is 2. The number of carbonyl (C=O) groups excluding carboxylic acids is 2. The van der Waals surface area contributed by atoms with Crippen LogP contribution in [0.4, 0.5) is 10.5 Å². The molecule has 1 aromatic carbocycles. The number of nitrogens with zero attached hydrogens (tertiary/aromatic N) is 1. The van der Waals surface area contributed by atoms with Crippen LogP contribution in [-0.2, 0) is 4.79 Å². The number of carbonyl (C=O) groups is 2. The molecule has 0 aromatic heterocycles. The van der Waals surface area contributed by atoms with Gasteiger partial charge in [0.05, 0.1) is 15.6 Å². The first-order valence-electron chi connectivity index (χ1n) is 6.58. The molecule has 118 valence electrons. The fraction of sp³-hybridized carbons (Fsp3) is 0.286. The minimum atomic E-state index is -0.367. The van der Waals surface area contributed by atoms with Crippen LogP contribution in [0, 0.1) is 0 Å². The van der Waals surface area contributed by atoms with E-state index in [0.717, 1.165) is 42.5 Å². The topological polar surface area (TPSA) is 75.4 Å². The molecule has 5 nitrogen and oxygen atoms in total. The number of anilines is 1. The molecule has 3 N–H and O–H groups in total. The molecular weight excluding hydrogens is 345 g/mol. The normalized spacial score (nSPS) is 22.9. The molecule has 1 aromatic rings. The first-order valence-corrected chi connectivity index (χ1v) is 7.78. The number of imide groups is 1. The Kier molecular flexibility index (Phi) is 5.39. The molecule has 0 aliphatic carbocycles. The zero-order chi connectivity index (χ0) is 15.0. The van der Waals surface area contributed by atoms with Gasteiger partial charge in [-0.3, -0.25) is 14.9 Å². The predicted octanol–water partition coefficient (Wildman–Crippen LogP) is 2.62. The molecule has 2 heterocycles. The van der Waals surface area contributed by atoms with Crippen molar-refractivity contribution in [3.8, 4) is 0 Å².